The number of amides is 1. The molecule has 0 saturated carbocycles. The molecule has 0 atom stereocenters. The Bertz CT molecular complexity index is 117. The third-order valence-electron chi connectivity index (χ3n) is 1.44. The smallest absolute Gasteiger partial charge is 0.236 e. The lowest BCUT2D eigenvalue weighted by Gasteiger charge is -2.15. The topological polar surface area (TPSA) is 55.6 Å². The summed E-state index contributed by atoms with van der Waals surface area (Å²) in [4.78, 5) is 12.5. The molecule has 0 aromatic rings. The average Bonchev–Trinajstić information content (AvgIpc) is 2.03. The van der Waals surface area contributed by atoms with Crippen LogP contribution in [0.25, 0.3) is 0 Å². The van der Waals surface area contributed by atoms with E-state index in [-0.39, 0.29) is 12.5 Å². The first kappa shape index (κ1) is 10.4. The van der Waals surface area contributed by atoms with Crippen LogP contribution in [0.1, 0.15) is 6.42 Å². The summed E-state index contributed by atoms with van der Waals surface area (Å²) < 4.78 is 4.84. The Kier molecular flexibility index (Phi) is 5.78. The molecule has 0 radical (unpaired) electrons. The van der Waals surface area contributed by atoms with Gasteiger partial charge in [0.2, 0.25) is 5.91 Å². The maximum atomic E-state index is 10.9. The number of likely N-dealkylation sites (N-methyl/N-ethyl adjacent to an activating group) is 1. The Morgan fingerprint density at radius 3 is 2.73 bits per heavy atom. The van der Waals surface area contributed by atoms with Crippen LogP contribution in [0.5, 0.6) is 0 Å². The monoisotopic (exact) mass is 160 g/mol. The largest absolute Gasteiger partial charge is 0.385 e. The van der Waals surface area contributed by atoms with Gasteiger partial charge < -0.3 is 15.4 Å². The number of carbonyl (C=O) groups is 1. The van der Waals surface area contributed by atoms with Crippen molar-refractivity contribution >= 4 is 5.91 Å². The second-order valence-corrected chi connectivity index (χ2v) is 2.37. The Labute approximate surface area is 67.3 Å². The van der Waals surface area contributed by atoms with Gasteiger partial charge in [-0.25, -0.2) is 0 Å². The van der Waals surface area contributed by atoms with Crippen LogP contribution in [0, 0.1) is 0 Å². The average molecular weight is 160 g/mol. The van der Waals surface area contributed by atoms with Crippen molar-refractivity contribution in [3.8, 4) is 0 Å². The highest BCUT2D eigenvalue weighted by atomic mass is 16.5. The van der Waals surface area contributed by atoms with Gasteiger partial charge in [-0.3, -0.25) is 4.79 Å². The predicted molar refractivity (Wildman–Crippen MR) is 43.2 cm³/mol. The lowest BCUT2D eigenvalue weighted by atomic mass is 10.4. The Hall–Kier alpha value is -0.610. The highest BCUT2D eigenvalue weighted by Crippen LogP contribution is 1.87. The molecule has 0 unspecified atom stereocenters. The summed E-state index contributed by atoms with van der Waals surface area (Å²) in [5.74, 6) is -0.0268. The lowest BCUT2D eigenvalue weighted by Crippen LogP contribution is -2.33. The number of rotatable bonds is 5. The van der Waals surface area contributed by atoms with Crippen molar-refractivity contribution in [1.29, 1.82) is 0 Å². The number of hydrogen-bond acceptors (Lipinski definition) is 3. The molecule has 4 nitrogen and oxygen atoms in total. The summed E-state index contributed by atoms with van der Waals surface area (Å²) in [5, 5.41) is 0. The third kappa shape index (κ3) is 4.75. The van der Waals surface area contributed by atoms with Gasteiger partial charge in [0.1, 0.15) is 0 Å². The maximum Gasteiger partial charge on any atom is 0.236 e. The van der Waals surface area contributed by atoms with Crippen LogP contribution in [-0.2, 0) is 9.53 Å². The molecule has 2 N–H and O–H groups in total. The summed E-state index contributed by atoms with van der Waals surface area (Å²) in [6, 6.07) is 0. The van der Waals surface area contributed by atoms with Gasteiger partial charge in [0.05, 0.1) is 6.54 Å². The van der Waals surface area contributed by atoms with Crippen LogP contribution in [-0.4, -0.2) is 44.7 Å². The van der Waals surface area contributed by atoms with Crippen LogP contribution >= 0.6 is 0 Å². The quantitative estimate of drug-likeness (QED) is 0.548. The van der Waals surface area contributed by atoms with E-state index < -0.39 is 0 Å². The molecule has 0 bridgehead atoms. The van der Waals surface area contributed by atoms with Crippen molar-refractivity contribution in [2.75, 3.05) is 33.9 Å². The molecule has 0 aromatic carbocycles. The van der Waals surface area contributed by atoms with E-state index in [1.54, 1.807) is 19.1 Å². The highest BCUT2D eigenvalue weighted by Gasteiger charge is 2.03. The Balaban J connectivity index is 3.36. The van der Waals surface area contributed by atoms with Gasteiger partial charge in [-0.2, -0.15) is 0 Å². The van der Waals surface area contributed by atoms with Gasteiger partial charge in [-0.1, -0.05) is 0 Å². The van der Waals surface area contributed by atoms with E-state index in [0.29, 0.717) is 13.2 Å². The summed E-state index contributed by atoms with van der Waals surface area (Å²) in [6.45, 7) is 1.48. The minimum absolute atomic E-state index is 0.0268. The second-order valence-electron chi connectivity index (χ2n) is 2.37. The van der Waals surface area contributed by atoms with Crippen molar-refractivity contribution in [2.45, 2.75) is 6.42 Å². The first-order valence-corrected chi connectivity index (χ1v) is 3.65. The molecule has 11 heavy (non-hydrogen) atoms. The normalized spacial score (nSPS) is 9.73. The van der Waals surface area contributed by atoms with Crippen LogP contribution in [0.15, 0.2) is 0 Å². The van der Waals surface area contributed by atoms with Crippen LogP contribution in [0.4, 0.5) is 0 Å². The van der Waals surface area contributed by atoms with E-state index in [1.807, 2.05) is 0 Å². The zero-order valence-corrected chi connectivity index (χ0v) is 7.17. The number of nitrogens with two attached hydrogens (primary N) is 1. The van der Waals surface area contributed by atoms with E-state index in [9.17, 15) is 4.79 Å². The molecule has 0 rings (SSSR count). The van der Waals surface area contributed by atoms with Crippen molar-refractivity contribution in [3.63, 3.8) is 0 Å². The first-order valence-electron chi connectivity index (χ1n) is 3.65. The molecular weight excluding hydrogens is 144 g/mol. The van der Waals surface area contributed by atoms with E-state index >= 15 is 0 Å². The molecule has 0 aromatic heterocycles. The molecule has 0 heterocycles. The molecule has 0 fully saturated rings. The minimum atomic E-state index is -0.0268. The number of hydrogen-bond donors (Lipinski definition) is 1. The van der Waals surface area contributed by atoms with E-state index in [2.05, 4.69) is 0 Å². The van der Waals surface area contributed by atoms with Gasteiger partial charge >= 0.3 is 0 Å². The fraction of sp³-hybridized carbons (Fsp3) is 0.857. The van der Waals surface area contributed by atoms with Crippen molar-refractivity contribution in [1.82, 2.24) is 4.90 Å². The zero-order chi connectivity index (χ0) is 8.69. The van der Waals surface area contributed by atoms with Crippen LogP contribution in [0.2, 0.25) is 0 Å². The molecular formula is C7H16N2O2. The molecule has 1 amide bonds. The van der Waals surface area contributed by atoms with E-state index in [1.165, 1.54) is 0 Å². The number of nitrogens with zero attached hydrogens (tertiary/aromatic N) is 1. The van der Waals surface area contributed by atoms with Gasteiger partial charge in [0.15, 0.2) is 0 Å². The third-order valence-corrected chi connectivity index (χ3v) is 1.44. The summed E-state index contributed by atoms with van der Waals surface area (Å²) in [5.41, 5.74) is 5.15. The number of methoxy groups -OCH3 is 1. The molecule has 0 aliphatic heterocycles. The van der Waals surface area contributed by atoms with Crippen molar-refractivity contribution in [2.24, 2.45) is 5.73 Å². The van der Waals surface area contributed by atoms with Crippen molar-refractivity contribution < 1.29 is 9.53 Å². The number of carbonyl (C=O) groups excluding carboxylic acids is 1. The fourth-order valence-corrected chi connectivity index (χ4v) is 0.727. The molecule has 0 spiro atoms. The molecule has 0 aliphatic rings. The zero-order valence-electron chi connectivity index (χ0n) is 7.17. The molecule has 0 saturated heterocycles. The minimum Gasteiger partial charge on any atom is -0.385 e. The summed E-state index contributed by atoms with van der Waals surface area (Å²) in [7, 11) is 3.38. The van der Waals surface area contributed by atoms with Gasteiger partial charge in [-0.15, -0.1) is 0 Å². The van der Waals surface area contributed by atoms with Gasteiger partial charge in [-0.05, 0) is 6.42 Å². The molecule has 66 valence electrons. The van der Waals surface area contributed by atoms with Gasteiger partial charge in [0.25, 0.3) is 0 Å². The van der Waals surface area contributed by atoms with Crippen molar-refractivity contribution in [3.05, 3.63) is 0 Å². The number of ether oxygens (including phenoxy) is 1. The standard InChI is InChI=1S/C7H16N2O2/c1-9(7(10)6-8)4-3-5-11-2/h3-6,8H2,1-2H3. The summed E-state index contributed by atoms with van der Waals surface area (Å²) in [6.07, 6.45) is 0.860. The lowest BCUT2D eigenvalue weighted by molar-refractivity contribution is -0.128. The van der Waals surface area contributed by atoms with Crippen LogP contribution < -0.4 is 5.73 Å². The van der Waals surface area contributed by atoms with E-state index in [4.69, 9.17) is 10.5 Å². The molecule has 0 aliphatic carbocycles. The fourth-order valence-electron chi connectivity index (χ4n) is 0.727. The SMILES string of the molecule is COCCCN(C)C(=O)CN. The predicted octanol–water partition coefficient (Wildman–Crippen LogP) is -0.560. The highest BCUT2D eigenvalue weighted by molar-refractivity contribution is 5.77. The summed E-state index contributed by atoms with van der Waals surface area (Å²) >= 11 is 0. The van der Waals surface area contributed by atoms with Gasteiger partial charge in [0, 0.05) is 27.3 Å². The Morgan fingerprint density at radius 1 is 1.64 bits per heavy atom. The van der Waals surface area contributed by atoms with E-state index in [0.717, 1.165) is 6.42 Å². The second kappa shape index (κ2) is 6.12. The molecule has 4 heteroatoms. The maximum absolute atomic E-state index is 10.9. The van der Waals surface area contributed by atoms with Crippen LogP contribution in [0.3, 0.4) is 0 Å². The first-order chi connectivity index (χ1) is 5.22. The Morgan fingerprint density at radius 2 is 2.27 bits per heavy atom.